The Bertz CT molecular complexity index is 573. The molecule has 0 radical (unpaired) electrons. The molecule has 0 aliphatic carbocycles. The summed E-state index contributed by atoms with van der Waals surface area (Å²) in [5.41, 5.74) is -1.38. The van der Waals surface area contributed by atoms with Crippen molar-refractivity contribution in [1.29, 1.82) is 0 Å². The zero-order valence-electron chi connectivity index (χ0n) is 12.6. The third-order valence-electron chi connectivity index (χ3n) is 3.98. The van der Waals surface area contributed by atoms with Crippen LogP contribution in [-0.2, 0) is 14.0 Å². The van der Waals surface area contributed by atoms with E-state index in [4.69, 9.17) is 20.9 Å². The lowest BCUT2D eigenvalue weighted by Gasteiger charge is -2.32. The molecular weight excluding hydrogens is 297 g/mol. The Hall–Kier alpha value is -1.11. The Labute approximate surface area is 128 Å². The SMILES string of the molecule is COC(=O)c1cc(Cl)cc(B2OC(C)(C)C(C)(C)O2)c1F. The number of methoxy groups -OCH3 is 1. The molecule has 0 bridgehead atoms. The quantitative estimate of drug-likeness (QED) is 0.622. The summed E-state index contributed by atoms with van der Waals surface area (Å²) in [5.74, 6) is -1.54. The van der Waals surface area contributed by atoms with E-state index in [2.05, 4.69) is 4.74 Å². The molecule has 1 aliphatic rings. The molecule has 21 heavy (non-hydrogen) atoms. The van der Waals surface area contributed by atoms with E-state index < -0.39 is 30.1 Å². The van der Waals surface area contributed by atoms with E-state index in [0.717, 1.165) is 0 Å². The number of halogens is 2. The third kappa shape index (κ3) is 2.80. The van der Waals surface area contributed by atoms with Crippen molar-refractivity contribution in [1.82, 2.24) is 0 Å². The molecule has 0 amide bonds. The molecule has 0 N–H and O–H groups in total. The fourth-order valence-corrected chi connectivity index (χ4v) is 2.24. The Morgan fingerprint density at radius 2 is 1.76 bits per heavy atom. The standard InChI is InChI=1S/C14H17BClFO4/c1-13(2)14(3,4)21-15(20-13)10-7-8(16)6-9(11(10)17)12(18)19-5/h6-7H,1-5H3. The van der Waals surface area contributed by atoms with Crippen LogP contribution in [0.4, 0.5) is 4.39 Å². The first-order valence-corrected chi connectivity index (χ1v) is 6.90. The summed E-state index contributed by atoms with van der Waals surface area (Å²) in [6.07, 6.45) is 0. The van der Waals surface area contributed by atoms with Gasteiger partial charge in [-0.25, -0.2) is 9.18 Å². The molecule has 0 aromatic heterocycles. The van der Waals surface area contributed by atoms with Crippen molar-refractivity contribution in [2.45, 2.75) is 38.9 Å². The van der Waals surface area contributed by atoms with Gasteiger partial charge in [0.2, 0.25) is 0 Å². The van der Waals surface area contributed by atoms with Gasteiger partial charge in [0.15, 0.2) is 0 Å². The Morgan fingerprint density at radius 3 is 2.24 bits per heavy atom. The molecule has 0 spiro atoms. The topological polar surface area (TPSA) is 44.8 Å². The number of rotatable bonds is 2. The van der Waals surface area contributed by atoms with Crippen LogP contribution in [0.5, 0.6) is 0 Å². The van der Waals surface area contributed by atoms with Gasteiger partial charge in [0.05, 0.1) is 23.9 Å². The van der Waals surface area contributed by atoms with Crippen LogP contribution in [0.15, 0.2) is 12.1 Å². The normalized spacial score (nSPS) is 19.7. The highest BCUT2D eigenvalue weighted by Crippen LogP contribution is 2.37. The van der Waals surface area contributed by atoms with E-state index in [9.17, 15) is 9.18 Å². The van der Waals surface area contributed by atoms with Gasteiger partial charge >= 0.3 is 13.1 Å². The van der Waals surface area contributed by atoms with E-state index in [0.29, 0.717) is 0 Å². The molecule has 1 aromatic rings. The summed E-state index contributed by atoms with van der Waals surface area (Å²) in [7, 11) is 0.244. The average Bonchev–Trinajstić information content (AvgIpc) is 2.59. The maximum atomic E-state index is 14.5. The molecule has 2 rings (SSSR count). The second-order valence-corrected chi connectivity index (χ2v) is 6.37. The minimum absolute atomic E-state index is 0.0848. The Kier molecular flexibility index (Phi) is 4.08. The Morgan fingerprint density at radius 1 is 1.24 bits per heavy atom. The van der Waals surface area contributed by atoms with Crippen molar-refractivity contribution >= 4 is 30.2 Å². The molecule has 4 nitrogen and oxygen atoms in total. The van der Waals surface area contributed by atoms with Gasteiger partial charge in [0, 0.05) is 10.5 Å². The maximum absolute atomic E-state index is 14.5. The smallest absolute Gasteiger partial charge is 0.465 e. The van der Waals surface area contributed by atoms with E-state index >= 15 is 0 Å². The van der Waals surface area contributed by atoms with Gasteiger partial charge in [0.1, 0.15) is 5.82 Å². The lowest BCUT2D eigenvalue weighted by Crippen LogP contribution is -2.41. The predicted molar refractivity (Wildman–Crippen MR) is 78.5 cm³/mol. The number of benzene rings is 1. The van der Waals surface area contributed by atoms with Gasteiger partial charge in [-0.15, -0.1) is 0 Å². The number of hydrogen-bond donors (Lipinski definition) is 0. The molecule has 1 heterocycles. The van der Waals surface area contributed by atoms with Gasteiger partial charge in [-0.05, 0) is 39.8 Å². The first kappa shape index (κ1) is 16.3. The van der Waals surface area contributed by atoms with Crippen LogP contribution in [0.2, 0.25) is 5.02 Å². The first-order valence-electron chi connectivity index (χ1n) is 6.52. The fraction of sp³-hybridized carbons (Fsp3) is 0.500. The van der Waals surface area contributed by atoms with Crippen molar-refractivity contribution in [3.63, 3.8) is 0 Å². The molecule has 0 unspecified atom stereocenters. The summed E-state index contributed by atoms with van der Waals surface area (Å²) >= 11 is 5.96. The van der Waals surface area contributed by atoms with Crippen LogP contribution < -0.4 is 5.46 Å². The van der Waals surface area contributed by atoms with E-state index in [1.54, 1.807) is 0 Å². The monoisotopic (exact) mass is 314 g/mol. The maximum Gasteiger partial charge on any atom is 0.497 e. The van der Waals surface area contributed by atoms with Gasteiger partial charge in [0.25, 0.3) is 0 Å². The fourth-order valence-electron chi connectivity index (χ4n) is 2.01. The minimum atomic E-state index is -0.933. The summed E-state index contributed by atoms with van der Waals surface area (Å²) in [5, 5.41) is 0.210. The molecule has 1 aliphatic heterocycles. The van der Waals surface area contributed by atoms with Crippen LogP contribution in [-0.4, -0.2) is 31.4 Å². The number of carbonyl (C=O) groups is 1. The van der Waals surface area contributed by atoms with E-state index in [1.165, 1.54) is 19.2 Å². The molecular formula is C14H17BClFO4. The second kappa shape index (κ2) is 5.27. The summed E-state index contributed by atoms with van der Waals surface area (Å²) in [4.78, 5) is 11.6. The van der Waals surface area contributed by atoms with Crippen LogP contribution in [0, 0.1) is 5.82 Å². The van der Waals surface area contributed by atoms with Gasteiger partial charge in [-0.3, -0.25) is 0 Å². The summed E-state index contributed by atoms with van der Waals surface area (Å²) in [6.45, 7) is 7.43. The molecule has 1 fully saturated rings. The van der Waals surface area contributed by atoms with E-state index in [1.807, 2.05) is 27.7 Å². The first-order chi connectivity index (χ1) is 9.59. The van der Waals surface area contributed by atoms with Crippen LogP contribution >= 0.6 is 11.6 Å². The lowest BCUT2D eigenvalue weighted by molar-refractivity contribution is 0.00578. The zero-order valence-corrected chi connectivity index (χ0v) is 13.4. The van der Waals surface area contributed by atoms with Crippen LogP contribution in [0.25, 0.3) is 0 Å². The highest BCUT2D eigenvalue weighted by molar-refractivity contribution is 6.62. The molecule has 1 saturated heterocycles. The predicted octanol–water partition coefficient (Wildman–Crippen LogP) is 2.56. The number of carbonyl (C=O) groups excluding carboxylic acids is 1. The van der Waals surface area contributed by atoms with Crippen molar-refractivity contribution in [2.75, 3.05) is 7.11 Å². The molecule has 1 aromatic carbocycles. The highest BCUT2D eigenvalue weighted by atomic mass is 35.5. The van der Waals surface area contributed by atoms with Crippen molar-refractivity contribution in [3.8, 4) is 0 Å². The molecule has 0 saturated carbocycles. The largest absolute Gasteiger partial charge is 0.497 e. The number of hydrogen-bond acceptors (Lipinski definition) is 4. The van der Waals surface area contributed by atoms with Crippen LogP contribution in [0.3, 0.4) is 0 Å². The highest BCUT2D eigenvalue weighted by Gasteiger charge is 2.52. The molecule has 114 valence electrons. The van der Waals surface area contributed by atoms with Crippen molar-refractivity contribution in [3.05, 3.63) is 28.5 Å². The van der Waals surface area contributed by atoms with Gasteiger partial charge < -0.3 is 14.0 Å². The number of esters is 1. The zero-order chi connectivity index (χ0) is 16.0. The average molecular weight is 315 g/mol. The molecule has 7 heteroatoms. The van der Waals surface area contributed by atoms with E-state index in [-0.39, 0.29) is 16.0 Å². The van der Waals surface area contributed by atoms with Gasteiger partial charge in [-0.2, -0.15) is 0 Å². The van der Waals surface area contributed by atoms with Crippen LogP contribution in [0.1, 0.15) is 38.1 Å². The molecule has 0 atom stereocenters. The van der Waals surface area contributed by atoms with Gasteiger partial charge in [-0.1, -0.05) is 11.6 Å². The summed E-state index contributed by atoms with van der Waals surface area (Å²) in [6, 6.07) is 2.61. The lowest BCUT2D eigenvalue weighted by atomic mass is 9.77. The second-order valence-electron chi connectivity index (χ2n) is 5.94. The summed E-state index contributed by atoms with van der Waals surface area (Å²) < 4.78 is 30.6. The Balaban J connectivity index is 2.47. The number of ether oxygens (including phenoxy) is 1. The van der Waals surface area contributed by atoms with Crippen molar-refractivity contribution < 1.29 is 23.2 Å². The van der Waals surface area contributed by atoms with Crippen molar-refractivity contribution in [2.24, 2.45) is 0 Å². The third-order valence-corrected chi connectivity index (χ3v) is 4.20. The minimum Gasteiger partial charge on any atom is -0.465 e.